The van der Waals surface area contributed by atoms with Crippen LogP contribution in [0, 0.1) is 11.8 Å². The van der Waals surface area contributed by atoms with Crippen LogP contribution in [-0.2, 0) is 20.7 Å². The third-order valence-electron chi connectivity index (χ3n) is 6.35. The van der Waals surface area contributed by atoms with E-state index in [1.54, 1.807) is 31.4 Å². The summed E-state index contributed by atoms with van der Waals surface area (Å²) in [5.41, 5.74) is 1.18. The van der Waals surface area contributed by atoms with Crippen molar-refractivity contribution in [3.63, 3.8) is 0 Å². The van der Waals surface area contributed by atoms with Crippen LogP contribution in [0.3, 0.4) is 0 Å². The smallest absolute Gasteiger partial charge is 0.231 e. The molecule has 3 aliphatic heterocycles. The van der Waals surface area contributed by atoms with Crippen molar-refractivity contribution < 1.29 is 19.1 Å². The van der Waals surface area contributed by atoms with Crippen LogP contribution in [0.25, 0.3) is 0 Å². The van der Waals surface area contributed by atoms with Crippen molar-refractivity contribution >= 4 is 17.5 Å². The molecule has 5 rings (SSSR count). The summed E-state index contributed by atoms with van der Waals surface area (Å²) in [6.45, 7) is 1.12. The number of hydrogen-bond donors (Lipinski definition) is 1. The highest BCUT2D eigenvalue weighted by atomic mass is 16.5. The number of carbonyl (C=O) groups excluding carboxylic acids is 2. The zero-order chi connectivity index (χ0) is 20.7. The van der Waals surface area contributed by atoms with Crippen LogP contribution in [0.2, 0.25) is 0 Å². The molecule has 3 heterocycles. The van der Waals surface area contributed by atoms with Crippen LogP contribution < -0.4 is 10.1 Å². The Kier molecular flexibility index (Phi) is 4.59. The van der Waals surface area contributed by atoms with Gasteiger partial charge in [0.05, 0.1) is 31.6 Å². The maximum absolute atomic E-state index is 13.3. The number of anilines is 1. The topological polar surface area (TPSA) is 67.9 Å². The molecule has 6 heteroatoms. The van der Waals surface area contributed by atoms with Gasteiger partial charge in [-0.3, -0.25) is 9.59 Å². The first kappa shape index (κ1) is 18.9. The number of likely N-dealkylation sites (tertiary alicyclic amines) is 1. The number of carbonyl (C=O) groups is 2. The molecule has 0 saturated carbocycles. The monoisotopic (exact) mass is 404 g/mol. The highest BCUT2D eigenvalue weighted by molar-refractivity contribution is 5.99. The normalized spacial score (nSPS) is 28.6. The zero-order valence-electron chi connectivity index (χ0n) is 16.8. The molecule has 3 aliphatic rings. The van der Waals surface area contributed by atoms with E-state index in [0.29, 0.717) is 18.8 Å². The predicted molar refractivity (Wildman–Crippen MR) is 112 cm³/mol. The van der Waals surface area contributed by atoms with Gasteiger partial charge in [-0.15, -0.1) is 0 Å². The number of fused-ring (bicyclic) bond motifs is 1. The second-order valence-electron chi connectivity index (χ2n) is 8.11. The van der Waals surface area contributed by atoms with E-state index >= 15 is 0 Å². The van der Waals surface area contributed by atoms with Gasteiger partial charge in [0.2, 0.25) is 11.8 Å². The molecule has 1 N–H and O–H groups in total. The van der Waals surface area contributed by atoms with E-state index in [-0.39, 0.29) is 17.9 Å². The molecule has 2 aromatic carbocycles. The Morgan fingerprint density at radius 3 is 2.70 bits per heavy atom. The van der Waals surface area contributed by atoms with Crippen LogP contribution in [-0.4, -0.2) is 48.6 Å². The summed E-state index contributed by atoms with van der Waals surface area (Å²) < 4.78 is 11.3. The van der Waals surface area contributed by atoms with Gasteiger partial charge in [0.15, 0.2) is 0 Å². The van der Waals surface area contributed by atoms with Gasteiger partial charge in [0.1, 0.15) is 11.4 Å². The summed E-state index contributed by atoms with van der Waals surface area (Å²) in [5, 5.41) is 2.94. The molecule has 154 valence electrons. The molecule has 6 nitrogen and oxygen atoms in total. The standard InChI is InChI=1S/C24H24N2O4/c1-29-18-9-7-17(8-10-18)25-22(27)20-19-11-13-24(30-19)15-26(23(28)21(20)24)14-12-16-5-3-2-4-6-16/h2-11,13,19-21H,12,14-15H2,1H3,(H,25,27)/t19?,20?,21?,24-/m0/s1. The second-order valence-corrected chi connectivity index (χ2v) is 8.11. The Bertz CT molecular complexity index is 988. The fourth-order valence-electron chi connectivity index (χ4n) is 4.88. The highest BCUT2D eigenvalue weighted by Crippen LogP contribution is 2.52. The molecule has 2 saturated heterocycles. The minimum Gasteiger partial charge on any atom is -0.497 e. The van der Waals surface area contributed by atoms with Crippen molar-refractivity contribution in [1.82, 2.24) is 4.90 Å². The van der Waals surface area contributed by atoms with Gasteiger partial charge < -0.3 is 19.7 Å². The van der Waals surface area contributed by atoms with Gasteiger partial charge in [-0.05, 0) is 36.2 Å². The summed E-state index contributed by atoms with van der Waals surface area (Å²) in [4.78, 5) is 28.2. The van der Waals surface area contributed by atoms with Gasteiger partial charge in [-0.1, -0.05) is 42.5 Å². The fraction of sp³-hybridized carbons (Fsp3) is 0.333. The summed E-state index contributed by atoms with van der Waals surface area (Å²) in [6.07, 6.45) is 4.35. The lowest BCUT2D eigenvalue weighted by Crippen LogP contribution is -2.41. The van der Waals surface area contributed by atoms with Crippen molar-refractivity contribution in [2.45, 2.75) is 18.1 Å². The van der Waals surface area contributed by atoms with Crippen LogP contribution in [0.4, 0.5) is 5.69 Å². The van der Waals surface area contributed by atoms with E-state index < -0.39 is 17.4 Å². The molecule has 0 aromatic heterocycles. The molecule has 2 bridgehead atoms. The minimum absolute atomic E-state index is 0.00709. The van der Waals surface area contributed by atoms with Gasteiger partial charge in [0.25, 0.3) is 0 Å². The highest BCUT2D eigenvalue weighted by Gasteiger charge is 2.66. The van der Waals surface area contributed by atoms with Crippen LogP contribution >= 0.6 is 0 Å². The number of hydrogen-bond acceptors (Lipinski definition) is 4. The number of nitrogens with one attached hydrogen (secondary N) is 1. The first-order valence-corrected chi connectivity index (χ1v) is 10.2. The molecule has 2 amide bonds. The number of benzene rings is 2. The molecule has 4 atom stereocenters. The van der Waals surface area contributed by atoms with Crippen molar-refractivity contribution in [3.8, 4) is 5.75 Å². The zero-order valence-corrected chi connectivity index (χ0v) is 16.8. The summed E-state index contributed by atoms with van der Waals surface area (Å²) >= 11 is 0. The van der Waals surface area contributed by atoms with Crippen molar-refractivity contribution in [2.24, 2.45) is 11.8 Å². The number of rotatable bonds is 6. The van der Waals surface area contributed by atoms with Crippen molar-refractivity contribution in [2.75, 3.05) is 25.5 Å². The number of ether oxygens (including phenoxy) is 2. The van der Waals surface area contributed by atoms with E-state index in [0.717, 1.165) is 12.2 Å². The SMILES string of the molecule is COc1ccc(NC(=O)C2C3C=C[C@@]4(CN(CCc5ccccc5)C(=O)C24)O3)cc1. The van der Waals surface area contributed by atoms with E-state index in [1.165, 1.54) is 5.56 Å². The molecular formula is C24H24N2O4. The summed E-state index contributed by atoms with van der Waals surface area (Å²) in [6, 6.07) is 17.3. The lowest BCUT2D eigenvalue weighted by Gasteiger charge is -2.23. The lowest BCUT2D eigenvalue weighted by atomic mass is 9.77. The minimum atomic E-state index is -0.680. The maximum Gasteiger partial charge on any atom is 0.231 e. The fourth-order valence-corrected chi connectivity index (χ4v) is 4.88. The van der Waals surface area contributed by atoms with E-state index in [2.05, 4.69) is 17.4 Å². The average Bonchev–Trinajstić information content (AvgIpc) is 3.41. The third-order valence-corrected chi connectivity index (χ3v) is 6.35. The molecule has 30 heavy (non-hydrogen) atoms. The Morgan fingerprint density at radius 2 is 1.97 bits per heavy atom. The third kappa shape index (κ3) is 3.08. The van der Waals surface area contributed by atoms with E-state index in [1.807, 2.05) is 35.3 Å². The maximum atomic E-state index is 13.3. The van der Waals surface area contributed by atoms with Gasteiger partial charge in [-0.2, -0.15) is 0 Å². The first-order valence-electron chi connectivity index (χ1n) is 10.2. The summed E-state index contributed by atoms with van der Waals surface area (Å²) in [5.74, 6) is -0.446. The Labute approximate surface area is 175 Å². The van der Waals surface area contributed by atoms with E-state index in [4.69, 9.17) is 9.47 Å². The van der Waals surface area contributed by atoms with Gasteiger partial charge in [-0.25, -0.2) is 0 Å². The first-order chi connectivity index (χ1) is 14.6. The molecular weight excluding hydrogens is 380 g/mol. The van der Waals surface area contributed by atoms with Crippen LogP contribution in [0.1, 0.15) is 5.56 Å². The Balaban J connectivity index is 1.31. The van der Waals surface area contributed by atoms with Crippen LogP contribution in [0.15, 0.2) is 66.7 Å². The Hall–Kier alpha value is -3.12. The number of nitrogens with zero attached hydrogens (tertiary/aromatic N) is 1. The quantitative estimate of drug-likeness (QED) is 0.752. The largest absolute Gasteiger partial charge is 0.497 e. The molecule has 2 fully saturated rings. The number of amides is 2. The lowest BCUT2D eigenvalue weighted by molar-refractivity contribution is -0.135. The van der Waals surface area contributed by atoms with Gasteiger partial charge in [0, 0.05) is 12.2 Å². The average molecular weight is 404 g/mol. The molecule has 1 spiro atoms. The summed E-state index contributed by atoms with van der Waals surface area (Å²) in [7, 11) is 1.60. The molecule has 0 radical (unpaired) electrons. The molecule has 2 aromatic rings. The predicted octanol–water partition coefficient (Wildman–Crippen LogP) is 2.66. The Morgan fingerprint density at radius 1 is 1.20 bits per heavy atom. The number of methoxy groups -OCH3 is 1. The van der Waals surface area contributed by atoms with Crippen molar-refractivity contribution in [3.05, 3.63) is 72.3 Å². The molecule has 0 aliphatic carbocycles. The molecule has 3 unspecified atom stereocenters. The van der Waals surface area contributed by atoms with Gasteiger partial charge >= 0.3 is 0 Å². The van der Waals surface area contributed by atoms with E-state index in [9.17, 15) is 9.59 Å². The van der Waals surface area contributed by atoms with Crippen LogP contribution in [0.5, 0.6) is 5.75 Å². The second kappa shape index (κ2) is 7.29. The van der Waals surface area contributed by atoms with Crippen molar-refractivity contribution in [1.29, 1.82) is 0 Å².